The fourth-order valence-corrected chi connectivity index (χ4v) is 2.71. The van der Waals surface area contributed by atoms with Crippen molar-refractivity contribution in [2.75, 3.05) is 11.1 Å². The predicted molar refractivity (Wildman–Crippen MR) is 84.2 cm³/mol. The highest BCUT2D eigenvalue weighted by molar-refractivity contribution is 8.00. The molecule has 1 unspecified atom stereocenters. The largest absolute Gasteiger partial charge is 0.383 e. The van der Waals surface area contributed by atoms with Gasteiger partial charge in [0.05, 0.1) is 5.25 Å². The van der Waals surface area contributed by atoms with Gasteiger partial charge in [-0.25, -0.2) is 13.8 Å². The van der Waals surface area contributed by atoms with Gasteiger partial charge in [0.15, 0.2) is 5.16 Å². The molecule has 1 atom stereocenters. The number of hydrogen-bond donors (Lipinski definition) is 3. The first-order valence-corrected chi connectivity index (χ1v) is 7.57. The third-order valence-corrected chi connectivity index (χ3v) is 4.12. The van der Waals surface area contributed by atoms with Crippen LogP contribution < -0.4 is 16.6 Å². The Labute approximate surface area is 134 Å². The van der Waals surface area contributed by atoms with E-state index in [1.807, 2.05) is 0 Å². The van der Waals surface area contributed by atoms with Crippen molar-refractivity contribution in [3.8, 4) is 0 Å². The van der Waals surface area contributed by atoms with Crippen molar-refractivity contribution >= 4 is 29.2 Å². The fraction of sp³-hybridized carbons (Fsp3) is 0.214. The summed E-state index contributed by atoms with van der Waals surface area (Å²) in [5, 5.41) is 1.67. The smallest absolute Gasteiger partial charge is 0.253 e. The predicted octanol–water partition coefficient (Wildman–Crippen LogP) is 2.14. The number of amides is 1. The average Bonchev–Trinajstić information content (AvgIpc) is 2.47. The van der Waals surface area contributed by atoms with Crippen LogP contribution in [0.15, 0.2) is 34.2 Å². The minimum Gasteiger partial charge on any atom is -0.383 e. The maximum Gasteiger partial charge on any atom is 0.253 e. The zero-order valence-corrected chi connectivity index (χ0v) is 12.9. The molecule has 1 aromatic heterocycles. The molecule has 1 heterocycles. The highest BCUT2D eigenvalue weighted by atomic mass is 32.2. The number of aromatic amines is 1. The van der Waals surface area contributed by atoms with Gasteiger partial charge in [-0.05, 0) is 18.6 Å². The van der Waals surface area contributed by atoms with Gasteiger partial charge in [-0.2, -0.15) is 0 Å². The van der Waals surface area contributed by atoms with Gasteiger partial charge in [0.25, 0.3) is 5.56 Å². The summed E-state index contributed by atoms with van der Waals surface area (Å²) in [4.78, 5) is 29.9. The van der Waals surface area contributed by atoms with Gasteiger partial charge in [-0.1, -0.05) is 24.8 Å². The Morgan fingerprint density at radius 1 is 1.43 bits per heavy atom. The summed E-state index contributed by atoms with van der Waals surface area (Å²) in [7, 11) is 0. The summed E-state index contributed by atoms with van der Waals surface area (Å²) in [6.07, 6.45) is 0.352. The molecular formula is C14H14F2N4O2S. The van der Waals surface area contributed by atoms with Crippen LogP contribution in [0.1, 0.15) is 13.3 Å². The molecule has 9 heteroatoms. The summed E-state index contributed by atoms with van der Waals surface area (Å²) >= 11 is 0.953. The van der Waals surface area contributed by atoms with Crippen LogP contribution in [-0.4, -0.2) is 21.1 Å². The normalized spacial score (nSPS) is 12.0. The van der Waals surface area contributed by atoms with Gasteiger partial charge in [0.2, 0.25) is 5.91 Å². The molecular weight excluding hydrogens is 326 g/mol. The molecule has 0 aliphatic rings. The van der Waals surface area contributed by atoms with Crippen molar-refractivity contribution < 1.29 is 13.6 Å². The minimum absolute atomic E-state index is 0.0201. The van der Waals surface area contributed by atoms with E-state index >= 15 is 0 Å². The summed E-state index contributed by atoms with van der Waals surface area (Å²) in [6, 6.07) is 4.40. The summed E-state index contributed by atoms with van der Waals surface area (Å²) in [6.45, 7) is 1.72. The van der Waals surface area contributed by atoms with Crippen LogP contribution in [0.4, 0.5) is 20.3 Å². The zero-order valence-electron chi connectivity index (χ0n) is 12.1. The first kappa shape index (κ1) is 16.9. The quantitative estimate of drug-likeness (QED) is 0.572. The Morgan fingerprint density at radius 3 is 2.65 bits per heavy atom. The molecule has 0 saturated carbocycles. The number of nitrogens with two attached hydrogens (primary N) is 1. The van der Waals surface area contributed by atoms with Crippen molar-refractivity contribution in [3.05, 3.63) is 46.3 Å². The number of anilines is 2. The molecule has 23 heavy (non-hydrogen) atoms. The van der Waals surface area contributed by atoms with Gasteiger partial charge in [0.1, 0.15) is 23.1 Å². The molecule has 122 valence electrons. The van der Waals surface area contributed by atoms with Crippen LogP contribution in [-0.2, 0) is 4.79 Å². The highest BCUT2D eigenvalue weighted by Gasteiger charge is 2.22. The number of para-hydroxylation sites is 1. The van der Waals surface area contributed by atoms with Crippen LogP contribution in [0.25, 0.3) is 0 Å². The SMILES string of the molecule is CCC(Sc1nc(N)cc(=O)[nH]1)C(=O)Nc1c(F)cccc1F. The van der Waals surface area contributed by atoms with Crippen LogP contribution in [0, 0.1) is 11.6 Å². The monoisotopic (exact) mass is 340 g/mol. The number of rotatable bonds is 5. The molecule has 0 aliphatic heterocycles. The molecule has 2 rings (SSSR count). The molecule has 0 radical (unpaired) electrons. The fourth-order valence-electron chi connectivity index (χ4n) is 1.79. The molecule has 6 nitrogen and oxygen atoms in total. The van der Waals surface area contributed by atoms with E-state index < -0.39 is 34.0 Å². The maximum atomic E-state index is 13.6. The molecule has 4 N–H and O–H groups in total. The number of nitrogens with zero attached hydrogens (tertiary/aromatic N) is 1. The first-order chi connectivity index (χ1) is 10.9. The Kier molecular flexibility index (Phi) is 5.32. The van der Waals surface area contributed by atoms with Crippen molar-refractivity contribution in [2.24, 2.45) is 0 Å². The molecule has 0 bridgehead atoms. The van der Waals surface area contributed by atoms with Gasteiger partial charge < -0.3 is 16.0 Å². The van der Waals surface area contributed by atoms with Crippen LogP contribution in [0.2, 0.25) is 0 Å². The van der Waals surface area contributed by atoms with E-state index in [2.05, 4.69) is 15.3 Å². The summed E-state index contributed by atoms with van der Waals surface area (Å²) in [5.74, 6) is -2.32. The number of H-pyrrole nitrogens is 1. The van der Waals surface area contributed by atoms with E-state index in [0.29, 0.717) is 6.42 Å². The number of benzene rings is 1. The number of carbonyl (C=O) groups excluding carboxylic acids is 1. The lowest BCUT2D eigenvalue weighted by Crippen LogP contribution is -2.26. The van der Waals surface area contributed by atoms with Crippen molar-refractivity contribution in [1.29, 1.82) is 0 Å². The Hall–Kier alpha value is -2.42. The van der Waals surface area contributed by atoms with Crippen molar-refractivity contribution in [1.82, 2.24) is 9.97 Å². The molecule has 0 fully saturated rings. The van der Waals surface area contributed by atoms with E-state index in [-0.39, 0.29) is 11.0 Å². The minimum atomic E-state index is -0.867. The summed E-state index contributed by atoms with van der Waals surface area (Å²) in [5.41, 5.74) is 4.51. The number of hydrogen-bond acceptors (Lipinski definition) is 5. The van der Waals surface area contributed by atoms with E-state index in [4.69, 9.17) is 5.73 Å². The third kappa shape index (κ3) is 4.28. The van der Waals surface area contributed by atoms with Crippen LogP contribution in [0.5, 0.6) is 0 Å². The number of thioether (sulfide) groups is 1. The van der Waals surface area contributed by atoms with Gasteiger partial charge in [-0.3, -0.25) is 9.59 Å². The zero-order chi connectivity index (χ0) is 17.0. The molecule has 0 saturated heterocycles. The Bertz CT molecular complexity index is 761. The lowest BCUT2D eigenvalue weighted by atomic mass is 10.2. The maximum absolute atomic E-state index is 13.6. The van der Waals surface area contributed by atoms with Gasteiger partial charge in [0, 0.05) is 6.07 Å². The van der Waals surface area contributed by atoms with E-state index in [9.17, 15) is 18.4 Å². The van der Waals surface area contributed by atoms with E-state index in [1.54, 1.807) is 6.92 Å². The number of carbonyl (C=O) groups is 1. The topological polar surface area (TPSA) is 101 Å². The average molecular weight is 340 g/mol. The van der Waals surface area contributed by atoms with Gasteiger partial charge >= 0.3 is 0 Å². The molecule has 0 aliphatic carbocycles. The van der Waals surface area contributed by atoms with E-state index in [0.717, 1.165) is 30.0 Å². The molecule has 1 aromatic carbocycles. The lowest BCUT2D eigenvalue weighted by molar-refractivity contribution is -0.115. The van der Waals surface area contributed by atoms with Crippen LogP contribution in [0.3, 0.4) is 0 Å². The third-order valence-electron chi connectivity index (χ3n) is 2.87. The second-order valence-corrected chi connectivity index (χ2v) is 5.77. The molecule has 0 spiro atoms. The van der Waals surface area contributed by atoms with Crippen LogP contribution >= 0.6 is 11.8 Å². The van der Waals surface area contributed by atoms with Crippen molar-refractivity contribution in [2.45, 2.75) is 23.8 Å². The number of halogens is 2. The van der Waals surface area contributed by atoms with Gasteiger partial charge in [-0.15, -0.1) is 0 Å². The summed E-state index contributed by atoms with van der Waals surface area (Å²) < 4.78 is 27.1. The molecule has 2 aromatic rings. The molecule has 1 amide bonds. The Morgan fingerprint density at radius 2 is 2.09 bits per heavy atom. The first-order valence-electron chi connectivity index (χ1n) is 6.69. The Balaban J connectivity index is 2.17. The second-order valence-electron chi connectivity index (χ2n) is 4.58. The lowest BCUT2D eigenvalue weighted by Gasteiger charge is -2.14. The number of nitrogen functional groups attached to an aromatic ring is 1. The number of nitrogens with one attached hydrogen (secondary N) is 2. The standard InChI is InChI=1S/C14H14F2N4O2S/c1-2-9(23-14-18-10(17)6-11(21)19-14)13(22)20-12-7(15)4-3-5-8(12)16/h3-6,9H,2H2,1H3,(H,20,22)(H3,17,18,19,21). The highest BCUT2D eigenvalue weighted by Crippen LogP contribution is 2.25. The van der Waals surface area contributed by atoms with E-state index in [1.165, 1.54) is 6.07 Å². The van der Waals surface area contributed by atoms with Crippen molar-refractivity contribution in [3.63, 3.8) is 0 Å². The second kappa shape index (κ2) is 7.23. The number of aromatic nitrogens is 2.